The van der Waals surface area contributed by atoms with Gasteiger partial charge in [0.2, 0.25) is 0 Å². The lowest BCUT2D eigenvalue weighted by atomic mass is 9.64. The van der Waals surface area contributed by atoms with Crippen LogP contribution < -0.4 is 4.90 Å². The monoisotopic (exact) mass is 689 g/mol. The van der Waals surface area contributed by atoms with E-state index < -0.39 is 5.41 Å². The molecule has 0 radical (unpaired) electrons. The van der Waals surface area contributed by atoms with Gasteiger partial charge >= 0.3 is 0 Å². The Morgan fingerprint density at radius 2 is 0.759 bits per heavy atom. The Balaban J connectivity index is 0.00000178. The van der Waals surface area contributed by atoms with E-state index in [0.29, 0.717) is 0 Å². The van der Waals surface area contributed by atoms with Crippen LogP contribution in [-0.4, -0.2) is 0 Å². The summed E-state index contributed by atoms with van der Waals surface area (Å²) < 4.78 is 0. The van der Waals surface area contributed by atoms with Crippen LogP contribution in [0.15, 0.2) is 200 Å². The highest BCUT2D eigenvalue weighted by Crippen LogP contribution is 2.64. The van der Waals surface area contributed by atoms with Crippen molar-refractivity contribution in [2.75, 3.05) is 4.90 Å². The molecule has 0 saturated heterocycles. The van der Waals surface area contributed by atoms with E-state index in [2.05, 4.69) is 205 Å². The molecule has 2 aliphatic rings. The first kappa shape index (κ1) is 32.0. The molecule has 1 heterocycles. The lowest BCUT2D eigenvalue weighted by Gasteiger charge is -2.45. The van der Waals surface area contributed by atoms with E-state index in [-0.39, 0.29) is 0 Å². The molecule has 1 spiro atoms. The fraction of sp³-hybridized carbons (Fsp3) is 0.0566. The average Bonchev–Trinajstić information content (AvgIpc) is 3.53. The van der Waals surface area contributed by atoms with E-state index in [1.54, 1.807) is 0 Å². The molecule has 1 heteroatoms. The molecular weight excluding hydrogens is 651 g/mol. The number of hydrogen-bond acceptors (Lipinski definition) is 1. The van der Waals surface area contributed by atoms with Crippen molar-refractivity contribution in [1.29, 1.82) is 0 Å². The van der Waals surface area contributed by atoms with E-state index in [1.165, 1.54) is 88.6 Å². The Hall–Kier alpha value is -6.70. The zero-order valence-electron chi connectivity index (χ0n) is 30.5. The van der Waals surface area contributed by atoms with Crippen LogP contribution in [0, 0.1) is 0 Å². The van der Waals surface area contributed by atoms with Gasteiger partial charge < -0.3 is 4.90 Å². The third-order valence-electron chi connectivity index (χ3n) is 11.4. The molecule has 9 aromatic rings. The normalized spacial score (nSPS) is 13.1. The minimum atomic E-state index is -0.531. The predicted octanol–water partition coefficient (Wildman–Crippen LogP) is 14.5. The van der Waals surface area contributed by atoms with Gasteiger partial charge in [-0.1, -0.05) is 166 Å². The molecule has 0 bridgehead atoms. The molecule has 54 heavy (non-hydrogen) atoms. The van der Waals surface area contributed by atoms with E-state index in [9.17, 15) is 0 Å². The first-order chi connectivity index (χ1) is 26.8. The van der Waals surface area contributed by atoms with Crippen LogP contribution in [0.4, 0.5) is 17.1 Å². The molecule has 1 aliphatic carbocycles. The lowest BCUT2D eigenvalue weighted by molar-refractivity contribution is 0.753. The second kappa shape index (κ2) is 12.8. The Kier molecular flexibility index (Phi) is 7.56. The summed E-state index contributed by atoms with van der Waals surface area (Å²) in [7, 11) is 0. The molecule has 0 amide bonds. The second-order valence-corrected chi connectivity index (χ2v) is 14.1. The summed E-state index contributed by atoms with van der Waals surface area (Å²) >= 11 is 0. The summed E-state index contributed by atoms with van der Waals surface area (Å²) in [4.78, 5) is 2.49. The molecule has 1 nitrogen and oxygen atoms in total. The summed E-state index contributed by atoms with van der Waals surface area (Å²) in [6.45, 7) is 4.00. The molecule has 1 aliphatic heterocycles. The Morgan fingerprint density at radius 3 is 1.30 bits per heavy atom. The van der Waals surface area contributed by atoms with E-state index in [1.807, 2.05) is 13.8 Å². The van der Waals surface area contributed by atoms with Crippen LogP contribution in [-0.2, 0) is 5.41 Å². The summed E-state index contributed by atoms with van der Waals surface area (Å²) in [6.07, 6.45) is 0. The minimum Gasteiger partial charge on any atom is -0.310 e. The lowest BCUT2D eigenvalue weighted by Crippen LogP contribution is -2.36. The third kappa shape index (κ3) is 4.72. The van der Waals surface area contributed by atoms with Crippen molar-refractivity contribution in [3.8, 4) is 33.4 Å². The summed E-state index contributed by atoms with van der Waals surface area (Å²) in [5.41, 5.74) is 15.8. The first-order valence-corrected chi connectivity index (χ1v) is 19.1. The second-order valence-electron chi connectivity index (χ2n) is 14.1. The van der Waals surface area contributed by atoms with Gasteiger partial charge in [-0.15, -0.1) is 0 Å². The molecule has 11 rings (SSSR count). The van der Waals surface area contributed by atoms with Crippen molar-refractivity contribution >= 4 is 38.6 Å². The Labute approximate surface area is 317 Å². The highest BCUT2D eigenvalue weighted by atomic mass is 15.2. The van der Waals surface area contributed by atoms with Crippen molar-refractivity contribution in [3.05, 3.63) is 222 Å². The van der Waals surface area contributed by atoms with Crippen LogP contribution in [0.3, 0.4) is 0 Å². The molecule has 0 fully saturated rings. The van der Waals surface area contributed by atoms with Gasteiger partial charge in [-0.25, -0.2) is 0 Å². The smallest absolute Gasteiger partial charge is 0.0754 e. The Bertz CT molecular complexity index is 2710. The zero-order chi connectivity index (χ0) is 36.2. The van der Waals surface area contributed by atoms with Gasteiger partial charge in [-0.05, 0) is 126 Å². The van der Waals surface area contributed by atoms with Crippen LogP contribution >= 0.6 is 0 Å². The molecule has 256 valence electrons. The maximum atomic E-state index is 2.49. The number of para-hydroxylation sites is 2. The SMILES string of the molecule is CC.c1ccc(-c2ccc3c(c2)C2(c4cc(-c5ccccc5)ccc4-3)c3ccccc3N(c3ccc4cc5ccccc5cc4c3)c3ccccc32)cc1. The summed E-state index contributed by atoms with van der Waals surface area (Å²) in [5.74, 6) is 0. The summed E-state index contributed by atoms with van der Waals surface area (Å²) in [5, 5.41) is 5.01. The molecule has 0 unspecified atom stereocenters. The fourth-order valence-corrected chi connectivity index (χ4v) is 9.12. The number of nitrogens with zero attached hydrogens (tertiary/aromatic N) is 1. The fourth-order valence-electron chi connectivity index (χ4n) is 9.12. The van der Waals surface area contributed by atoms with Crippen LogP contribution in [0.1, 0.15) is 36.1 Å². The number of rotatable bonds is 3. The van der Waals surface area contributed by atoms with Crippen molar-refractivity contribution in [2.24, 2.45) is 0 Å². The number of fused-ring (bicyclic) bond motifs is 11. The van der Waals surface area contributed by atoms with Gasteiger partial charge in [0.1, 0.15) is 0 Å². The van der Waals surface area contributed by atoms with Crippen molar-refractivity contribution < 1.29 is 0 Å². The van der Waals surface area contributed by atoms with Crippen molar-refractivity contribution in [1.82, 2.24) is 0 Å². The van der Waals surface area contributed by atoms with Gasteiger partial charge in [0.05, 0.1) is 16.8 Å². The van der Waals surface area contributed by atoms with Crippen LogP contribution in [0.5, 0.6) is 0 Å². The van der Waals surface area contributed by atoms with E-state index in [0.717, 1.165) is 5.69 Å². The number of anilines is 3. The standard InChI is InChI=1S/C51H33N.C2H6/c1-3-13-34(14-4-1)39-24-27-43-44-28-25-40(35-15-5-2-6-16-35)33-48(44)51(47(43)32-39)45-19-9-11-21-49(45)52(50-22-12-10-20-46(50)51)42-26-23-38-29-36-17-7-8-18-37(36)30-41(38)31-42;1-2/h1-33H;1-2H3. The maximum Gasteiger partial charge on any atom is 0.0754 e. The van der Waals surface area contributed by atoms with E-state index in [4.69, 9.17) is 0 Å². The Morgan fingerprint density at radius 1 is 0.315 bits per heavy atom. The number of hydrogen-bond donors (Lipinski definition) is 0. The van der Waals surface area contributed by atoms with E-state index >= 15 is 0 Å². The van der Waals surface area contributed by atoms with Crippen LogP contribution in [0.2, 0.25) is 0 Å². The van der Waals surface area contributed by atoms with Crippen LogP contribution in [0.25, 0.3) is 54.9 Å². The maximum absolute atomic E-state index is 2.49. The summed E-state index contributed by atoms with van der Waals surface area (Å²) in [6, 6.07) is 74.3. The molecule has 9 aromatic carbocycles. The zero-order valence-corrected chi connectivity index (χ0v) is 30.5. The van der Waals surface area contributed by atoms with Gasteiger partial charge in [0, 0.05) is 5.69 Å². The van der Waals surface area contributed by atoms with Gasteiger partial charge in [-0.2, -0.15) is 0 Å². The minimum absolute atomic E-state index is 0.531. The highest BCUT2D eigenvalue weighted by molar-refractivity contribution is 6.02. The van der Waals surface area contributed by atoms with Gasteiger partial charge in [-0.3, -0.25) is 0 Å². The average molecular weight is 690 g/mol. The third-order valence-corrected chi connectivity index (χ3v) is 11.4. The van der Waals surface area contributed by atoms with Crippen molar-refractivity contribution in [3.63, 3.8) is 0 Å². The molecule has 0 aromatic heterocycles. The first-order valence-electron chi connectivity index (χ1n) is 19.1. The molecule has 0 saturated carbocycles. The van der Waals surface area contributed by atoms with Crippen molar-refractivity contribution in [2.45, 2.75) is 19.3 Å². The topological polar surface area (TPSA) is 3.24 Å². The van der Waals surface area contributed by atoms with Gasteiger partial charge in [0.25, 0.3) is 0 Å². The number of benzene rings is 9. The molecule has 0 N–H and O–H groups in total. The largest absolute Gasteiger partial charge is 0.310 e. The quantitative estimate of drug-likeness (QED) is 0.167. The molecular formula is C53H39N. The predicted molar refractivity (Wildman–Crippen MR) is 229 cm³/mol. The highest BCUT2D eigenvalue weighted by Gasteiger charge is 2.52. The van der Waals surface area contributed by atoms with Gasteiger partial charge in [0.15, 0.2) is 0 Å². The molecule has 0 atom stereocenters.